The lowest BCUT2D eigenvalue weighted by molar-refractivity contribution is 0.426. The van der Waals surface area contributed by atoms with Crippen molar-refractivity contribution in [2.45, 2.75) is 0 Å². The van der Waals surface area contributed by atoms with Crippen molar-refractivity contribution in [3.8, 4) is 11.1 Å². The lowest BCUT2D eigenvalue weighted by Gasteiger charge is -1.90. The van der Waals surface area contributed by atoms with Crippen LogP contribution in [-0.4, -0.2) is 7.11 Å². The van der Waals surface area contributed by atoms with Crippen LogP contribution >= 0.6 is 11.3 Å². The first-order valence-electron chi connectivity index (χ1n) is 2.32. The second-order valence-electron chi connectivity index (χ2n) is 1.38. The Morgan fingerprint density at radius 1 is 1.89 bits per heavy atom. The van der Waals surface area contributed by atoms with E-state index in [1.165, 1.54) is 11.3 Å². The Bertz CT molecular complexity index is 235. The van der Waals surface area contributed by atoms with Gasteiger partial charge in [-0.3, -0.25) is 0 Å². The minimum absolute atomic E-state index is 0.558. The van der Waals surface area contributed by atoms with Gasteiger partial charge >= 0.3 is 0 Å². The highest BCUT2D eigenvalue weighted by molar-refractivity contribution is 7.11. The molecule has 0 fully saturated rings. The van der Waals surface area contributed by atoms with Gasteiger partial charge in [0, 0.05) is 5.38 Å². The van der Waals surface area contributed by atoms with Gasteiger partial charge in [-0.15, -0.1) is 0 Å². The third-order valence-corrected chi connectivity index (χ3v) is 1.69. The van der Waals surface area contributed by atoms with E-state index in [9.17, 15) is 0 Å². The standard InChI is InChI=1S/C6H4NOS/c1-8-6-5(4-7)2-3-9-6/h2H,1H3. The van der Waals surface area contributed by atoms with Gasteiger partial charge in [0.1, 0.15) is 11.6 Å². The van der Waals surface area contributed by atoms with E-state index < -0.39 is 0 Å². The Hall–Kier alpha value is -1.01. The van der Waals surface area contributed by atoms with Crippen LogP contribution in [0.25, 0.3) is 0 Å². The van der Waals surface area contributed by atoms with Gasteiger partial charge in [0.15, 0.2) is 5.06 Å². The summed E-state index contributed by atoms with van der Waals surface area (Å²) in [5.41, 5.74) is 0.558. The van der Waals surface area contributed by atoms with E-state index in [2.05, 4.69) is 5.38 Å². The van der Waals surface area contributed by atoms with Crippen LogP contribution in [0, 0.1) is 16.7 Å². The van der Waals surface area contributed by atoms with Crippen molar-refractivity contribution in [3.05, 3.63) is 17.0 Å². The quantitative estimate of drug-likeness (QED) is 0.588. The Balaban J connectivity index is 3.02. The number of rotatable bonds is 1. The molecule has 0 aromatic carbocycles. The first-order chi connectivity index (χ1) is 4.38. The SMILES string of the molecule is COc1s[c]cc1C#N. The maximum atomic E-state index is 8.40. The van der Waals surface area contributed by atoms with Crippen LogP contribution in [0.2, 0.25) is 0 Å². The van der Waals surface area contributed by atoms with Crippen molar-refractivity contribution < 1.29 is 4.74 Å². The van der Waals surface area contributed by atoms with Gasteiger partial charge in [0.25, 0.3) is 0 Å². The number of methoxy groups -OCH3 is 1. The zero-order valence-corrected chi connectivity index (χ0v) is 5.66. The molecule has 1 radical (unpaired) electrons. The largest absolute Gasteiger partial charge is 0.486 e. The molecular weight excluding hydrogens is 134 g/mol. The molecule has 9 heavy (non-hydrogen) atoms. The van der Waals surface area contributed by atoms with Crippen molar-refractivity contribution in [3.63, 3.8) is 0 Å². The van der Waals surface area contributed by atoms with E-state index in [0.29, 0.717) is 10.6 Å². The van der Waals surface area contributed by atoms with Gasteiger partial charge < -0.3 is 4.74 Å². The molecule has 2 nitrogen and oxygen atoms in total. The molecule has 1 aromatic rings. The van der Waals surface area contributed by atoms with E-state index in [-0.39, 0.29) is 0 Å². The van der Waals surface area contributed by atoms with Crippen LogP contribution in [0.4, 0.5) is 0 Å². The normalized spacial score (nSPS) is 8.44. The Kier molecular flexibility index (Phi) is 1.71. The van der Waals surface area contributed by atoms with Crippen LogP contribution in [0.3, 0.4) is 0 Å². The van der Waals surface area contributed by atoms with E-state index >= 15 is 0 Å². The molecule has 1 rings (SSSR count). The molecule has 0 spiro atoms. The highest BCUT2D eigenvalue weighted by Gasteiger charge is 2.00. The number of hydrogen-bond donors (Lipinski definition) is 0. The zero-order chi connectivity index (χ0) is 6.69. The number of thiophene rings is 1. The summed E-state index contributed by atoms with van der Waals surface area (Å²) in [5.74, 6) is 0. The minimum atomic E-state index is 0.558. The average Bonchev–Trinajstić information content (AvgIpc) is 2.33. The average molecular weight is 138 g/mol. The van der Waals surface area contributed by atoms with Gasteiger partial charge in [-0.05, 0) is 6.07 Å². The third-order valence-electron chi connectivity index (χ3n) is 0.881. The molecule has 0 unspecified atom stereocenters. The molecule has 0 atom stereocenters. The highest BCUT2D eigenvalue weighted by Crippen LogP contribution is 2.23. The van der Waals surface area contributed by atoms with Gasteiger partial charge in [0.05, 0.1) is 7.11 Å². The molecule has 0 aliphatic carbocycles. The summed E-state index contributed by atoms with van der Waals surface area (Å²) < 4.78 is 4.84. The molecular formula is C6H4NOS. The molecule has 0 aliphatic heterocycles. The van der Waals surface area contributed by atoms with Crippen molar-refractivity contribution in [1.29, 1.82) is 5.26 Å². The predicted molar refractivity (Wildman–Crippen MR) is 34.4 cm³/mol. The highest BCUT2D eigenvalue weighted by atomic mass is 32.1. The van der Waals surface area contributed by atoms with Crippen molar-refractivity contribution in [2.75, 3.05) is 7.11 Å². The molecule has 0 saturated carbocycles. The third kappa shape index (κ3) is 1.03. The number of hydrogen-bond acceptors (Lipinski definition) is 3. The van der Waals surface area contributed by atoms with Crippen molar-refractivity contribution >= 4 is 11.3 Å². The maximum Gasteiger partial charge on any atom is 0.192 e. The summed E-state index contributed by atoms with van der Waals surface area (Å²) in [7, 11) is 1.54. The number of ether oxygens (including phenoxy) is 1. The smallest absolute Gasteiger partial charge is 0.192 e. The predicted octanol–water partition coefficient (Wildman–Crippen LogP) is 1.43. The summed E-state index contributed by atoms with van der Waals surface area (Å²) in [6.45, 7) is 0. The number of nitrogens with zero attached hydrogens (tertiary/aromatic N) is 1. The second-order valence-corrected chi connectivity index (χ2v) is 2.19. The van der Waals surface area contributed by atoms with Crippen LogP contribution in [-0.2, 0) is 0 Å². The summed E-state index contributed by atoms with van der Waals surface area (Å²) in [6, 6.07) is 3.60. The topological polar surface area (TPSA) is 33.0 Å². The lowest BCUT2D eigenvalue weighted by atomic mass is 10.4. The van der Waals surface area contributed by atoms with Crippen molar-refractivity contribution in [2.24, 2.45) is 0 Å². The Morgan fingerprint density at radius 2 is 2.67 bits per heavy atom. The van der Waals surface area contributed by atoms with E-state index in [0.717, 1.165) is 0 Å². The fourth-order valence-electron chi connectivity index (χ4n) is 0.485. The van der Waals surface area contributed by atoms with E-state index in [1.807, 2.05) is 6.07 Å². The lowest BCUT2D eigenvalue weighted by Crippen LogP contribution is -1.79. The van der Waals surface area contributed by atoms with Crippen LogP contribution in [0.1, 0.15) is 5.56 Å². The zero-order valence-electron chi connectivity index (χ0n) is 4.84. The summed E-state index contributed by atoms with van der Waals surface area (Å²) >= 11 is 1.30. The first kappa shape index (κ1) is 6.12. The molecule has 1 aromatic heterocycles. The van der Waals surface area contributed by atoms with Crippen molar-refractivity contribution in [1.82, 2.24) is 0 Å². The summed E-state index contributed by atoms with van der Waals surface area (Å²) in [5, 5.41) is 11.8. The summed E-state index contributed by atoms with van der Waals surface area (Å²) in [6.07, 6.45) is 0. The maximum absolute atomic E-state index is 8.40. The molecule has 0 aliphatic rings. The Labute approximate surface area is 57.3 Å². The fraction of sp³-hybridized carbons (Fsp3) is 0.167. The molecule has 0 saturated heterocycles. The van der Waals surface area contributed by atoms with Crippen LogP contribution in [0.5, 0.6) is 5.06 Å². The minimum Gasteiger partial charge on any atom is -0.486 e. The van der Waals surface area contributed by atoms with E-state index in [4.69, 9.17) is 10.00 Å². The Morgan fingerprint density at radius 3 is 3.11 bits per heavy atom. The van der Waals surface area contributed by atoms with Gasteiger partial charge in [-0.2, -0.15) is 5.26 Å². The molecule has 0 amide bonds. The van der Waals surface area contributed by atoms with Gasteiger partial charge in [-0.25, -0.2) is 0 Å². The monoisotopic (exact) mass is 138 g/mol. The molecule has 45 valence electrons. The summed E-state index contributed by atoms with van der Waals surface area (Å²) in [4.78, 5) is 0. The van der Waals surface area contributed by atoms with Gasteiger partial charge in [0.2, 0.25) is 0 Å². The van der Waals surface area contributed by atoms with E-state index in [1.54, 1.807) is 13.2 Å². The van der Waals surface area contributed by atoms with Crippen LogP contribution < -0.4 is 4.74 Å². The number of nitriles is 1. The fourth-order valence-corrected chi connectivity index (χ4v) is 1.07. The second kappa shape index (κ2) is 2.51. The first-order valence-corrected chi connectivity index (χ1v) is 3.14. The molecule has 3 heteroatoms. The molecule has 0 N–H and O–H groups in total. The molecule has 1 heterocycles. The van der Waals surface area contributed by atoms with Gasteiger partial charge in [-0.1, -0.05) is 11.3 Å². The molecule has 0 bridgehead atoms. The van der Waals surface area contributed by atoms with Crippen LogP contribution in [0.15, 0.2) is 6.07 Å².